The highest BCUT2D eigenvalue weighted by atomic mass is 79.9. The molecule has 0 radical (unpaired) electrons. The van der Waals surface area contributed by atoms with Crippen LogP contribution in [0.1, 0.15) is 86.5 Å². The number of hydrogen-bond acceptors (Lipinski definition) is 4. The Morgan fingerprint density at radius 1 is 1.18 bits per heavy atom. The first-order chi connectivity index (χ1) is 15.2. The molecular formula is C27H49BrO4Si. The molecule has 0 unspecified atom stereocenters. The van der Waals surface area contributed by atoms with Gasteiger partial charge in [-0.15, -0.1) is 0 Å². The summed E-state index contributed by atoms with van der Waals surface area (Å²) in [6, 6.07) is 0. The fourth-order valence-electron chi connectivity index (χ4n) is 5.51. The van der Waals surface area contributed by atoms with Gasteiger partial charge in [0.1, 0.15) is 0 Å². The third-order valence-electron chi connectivity index (χ3n) is 8.64. The average molecular weight is 546 g/mol. The second kappa shape index (κ2) is 10.3. The Balaban J connectivity index is 1.79. The normalized spacial score (nSPS) is 32.8. The minimum absolute atomic E-state index is 0.0852. The molecule has 1 aliphatic heterocycles. The smallest absolute Gasteiger partial charge is 0.192 e. The standard InChI is InChI=1S/C27H49BrO4Si/c1-9-10-11-12-23(29)22(28)14-20-21-16-27(30-17-26(5,6)18-31-27)15-19(21)13-24(20)32-33(7,8)25(2,3)4/h14,19-21,23-24,29H,9-13,15-18H2,1-8H3/b22-14-/t19-,20-,21+,23+,24-/m1/s1. The van der Waals surface area contributed by atoms with Gasteiger partial charge in [0.25, 0.3) is 0 Å². The lowest BCUT2D eigenvalue weighted by atomic mass is 9.89. The largest absolute Gasteiger partial charge is 0.413 e. The molecule has 33 heavy (non-hydrogen) atoms. The number of halogens is 1. The molecule has 3 aliphatic rings. The second-order valence-corrected chi connectivity index (χ2v) is 18.9. The molecule has 6 heteroatoms. The Bertz CT molecular complexity index is 689. The molecule has 1 spiro atoms. The maximum absolute atomic E-state index is 10.8. The summed E-state index contributed by atoms with van der Waals surface area (Å²) < 4.78 is 20.7. The Morgan fingerprint density at radius 2 is 1.82 bits per heavy atom. The van der Waals surface area contributed by atoms with Crippen molar-refractivity contribution in [1.82, 2.24) is 0 Å². The van der Waals surface area contributed by atoms with Crippen molar-refractivity contribution in [3.8, 4) is 0 Å². The highest BCUT2D eigenvalue weighted by Gasteiger charge is 2.58. The van der Waals surface area contributed by atoms with Crippen LogP contribution in [0.2, 0.25) is 18.1 Å². The van der Waals surface area contributed by atoms with Crippen LogP contribution in [-0.2, 0) is 13.9 Å². The van der Waals surface area contributed by atoms with E-state index in [9.17, 15) is 5.11 Å². The van der Waals surface area contributed by atoms with Crippen LogP contribution >= 0.6 is 15.9 Å². The predicted octanol–water partition coefficient (Wildman–Crippen LogP) is 7.41. The Kier molecular flexibility index (Phi) is 8.72. The van der Waals surface area contributed by atoms with E-state index in [4.69, 9.17) is 13.9 Å². The lowest BCUT2D eigenvalue weighted by Crippen LogP contribution is -2.47. The molecule has 0 aromatic heterocycles. The van der Waals surface area contributed by atoms with Crippen LogP contribution in [0.3, 0.4) is 0 Å². The van der Waals surface area contributed by atoms with Gasteiger partial charge in [-0.2, -0.15) is 0 Å². The summed E-state index contributed by atoms with van der Waals surface area (Å²) in [6.07, 6.45) is 9.22. The first-order valence-electron chi connectivity index (χ1n) is 13.2. The molecule has 1 saturated heterocycles. The van der Waals surface area contributed by atoms with E-state index in [1.165, 1.54) is 6.42 Å². The Morgan fingerprint density at radius 3 is 2.39 bits per heavy atom. The van der Waals surface area contributed by atoms with Crippen LogP contribution in [0.25, 0.3) is 0 Å². The summed E-state index contributed by atoms with van der Waals surface area (Å²) in [5, 5.41) is 11.0. The van der Waals surface area contributed by atoms with Crippen LogP contribution in [0.5, 0.6) is 0 Å². The lowest BCUT2D eigenvalue weighted by Gasteiger charge is -2.43. The number of rotatable bonds is 8. The van der Waals surface area contributed by atoms with Crippen molar-refractivity contribution in [2.45, 2.75) is 123 Å². The van der Waals surface area contributed by atoms with Crippen LogP contribution < -0.4 is 0 Å². The van der Waals surface area contributed by atoms with E-state index in [-0.39, 0.29) is 22.5 Å². The number of hydrogen-bond donors (Lipinski definition) is 1. The predicted molar refractivity (Wildman–Crippen MR) is 142 cm³/mol. The third-order valence-corrected chi connectivity index (χ3v) is 13.9. The van der Waals surface area contributed by atoms with Crippen LogP contribution in [0.4, 0.5) is 0 Å². The number of ether oxygens (including phenoxy) is 2. The molecule has 192 valence electrons. The minimum Gasteiger partial charge on any atom is -0.413 e. The van der Waals surface area contributed by atoms with Gasteiger partial charge >= 0.3 is 0 Å². The fourth-order valence-corrected chi connectivity index (χ4v) is 7.40. The molecule has 2 aliphatic carbocycles. The third kappa shape index (κ3) is 6.54. The molecule has 1 N–H and O–H groups in total. The van der Waals surface area contributed by atoms with E-state index >= 15 is 0 Å². The Labute approximate surface area is 212 Å². The number of aliphatic hydroxyl groups excluding tert-OH is 1. The number of aliphatic hydroxyl groups is 1. The van der Waals surface area contributed by atoms with E-state index in [1.54, 1.807) is 0 Å². The van der Waals surface area contributed by atoms with Crippen molar-refractivity contribution >= 4 is 24.2 Å². The zero-order valence-corrected chi connectivity index (χ0v) is 25.0. The maximum Gasteiger partial charge on any atom is 0.192 e. The van der Waals surface area contributed by atoms with Gasteiger partial charge in [-0.1, -0.05) is 82.8 Å². The SMILES string of the molecule is CCCCC[C@H](O)/C(Br)=C/[C@@H]1[C@H]2CC3(C[C@H]2C[C@H]1O[Si](C)(C)C(C)(C)C)OCC(C)(C)CO3. The molecular weight excluding hydrogens is 496 g/mol. The highest BCUT2D eigenvalue weighted by Crippen LogP contribution is 2.57. The van der Waals surface area contributed by atoms with Crippen LogP contribution in [0, 0.1) is 23.2 Å². The molecule has 2 saturated carbocycles. The molecule has 1 heterocycles. The van der Waals surface area contributed by atoms with Gasteiger partial charge in [0.15, 0.2) is 14.1 Å². The van der Waals surface area contributed by atoms with Gasteiger partial charge in [0.2, 0.25) is 0 Å². The first-order valence-corrected chi connectivity index (χ1v) is 16.9. The first kappa shape index (κ1) is 27.9. The van der Waals surface area contributed by atoms with Crippen molar-refractivity contribution in [3.05, 3.63) is 10.6 Å². The number of unbranched alkanes of at least 4 members (excludes halogenated alkanes) is 2. The fraction of sp³-hybridized carbons (Fsp3) is 0.926. The summed E-state index contributed by atoms with van der Waals surface area (Å²) in [6.45, 7) is 19.8. The summed E-state index contributed by atoms with van der Waals surface area (Å²) in [4.78, 5) is 0. The van der Waals surface area contributed by atoms with E-state index in [2.05, 4.69) is 76.6 Å². The zero-order valence-electron chi connectivity index (χ0n) is 22.4. The van der Waals surface area contributed by atoms with Crippen molar-refractivity contribution in [3.63, 3.8) is 0 Å². The van der Waals surface area contributed by atoms with Gasteiger partial charge in [-0.3, -0.25) is 0 Å². The van der Waals surface area contributed by atoms with E-state index in [1.807, 2.05) is 0 Å². The molecule has 4 nitrogen and oxygen atoms in total. The highest BCUT2D eigenvalue weighted by molar-refractivity contribution is 9.11. The molecule has 3 fully saturated rings. The average Bonchev–Trinajstić information content (AvgIpc) is 3.18. The van der Waals surface area contributed by atoms with Gasteiger partial charge in [-0.25, -0.2) is 0 Å². The molecule has 0 aromatic carbocycles. The molecule has 5 atom stereocenters. The number of fused-ring (bicyclic) bond motifs is 1. The summed E-state index contributed by atoms with van der Waals surface area (Å²) >= 11 is 3.76. The summed E-state index contributed by atoms with van der Waals surface area (Å²) in [5.41, 5.74) is 0.0852. The van der Waals surface area contributed by atoms with Crippen LogP contribution in [-0.4, -0.2) is 44.6 Å². The minimum atomic E-state index is -1.90. The zero-order chi connectivity index (χ0) is 24.7. The van der Waals surface area contributed by atoms with E-state index in [0.717, 1.165) is 56.2 Å². The van der Waals surface area contributed by atoms with Crippen LogP contribution in [0.15, 0.2) is 10.6 Å². The van der Waals surface area contributed by atoms with Gasteiger partial charge in [0, 0.05) is 28.7 Å². The molecule has 0 bridgehead atoms. The van der Waals surface area contributed by atoms with Gasteiger partial charge in [-0.05, 0) is 42.8 Å². The topological polar surface area (TPSA) is 47.9 Å². The summed E-state index contributed by atoms with van der Waals surface area (Å²) in [7, 11) is -1.90. The Hall–Kier alpha value is 0.277. The maximum atomic E-state index is 10.8. The second-order valence-electron chi connectivity index (χ2n) is 13.3. The van der Waals surface area contributed by atoms with Crippen molar-refractivity contribution in [1.29, 1.82) is 0 Å². The monoisotopic (exact) mass is 544 g/mol. The van der Waals surface area contributed by atoms with E-state index in [0.29, 0.717) is 11.8 Å². The lowest BCUT2D eigenvalue weighted by molar-refractivity contribution is -0.298. The molecule has 3 rings (SSSR count). The van der Waals surface area contributed by atoms with Crippen molar-refractivity contribution < 1.29 is 19.0 Å². The quantitative estimate of drug-likeness (QED) is 0.255. The van der Waals surface area contributed by atoms with Gasteiger partial charge < -0.3 is 19.0 Å². The van der Waals surface area contributed by atoms with Crippen molar-refractivity contribution in [2.24, 2.45) is 23.2 Å². The van der Waals surface area contributed by atoms with E-state index < -0.39 is 20.2 Å². The van der Waals surface area contributed by atoms with Crippen molar-refractivity contribution in [2.75, 3.05) is 13.2 Å². The summed E-state index contributed by atoms with van der Waals surface area (Å²) in [5.74, 6) is 0.863. The van der Waals surface area contributed by atoms with Gasteiger partial charge in [0.05, 0.1) is 25.4 Å². The molecule has 0 aromatic rings. The molecule has 0 amide bonds.